The van der Waals surface area contributed by atoms with Crippen molar-refractivity contribution in [3.05, 3.63) is 45.8 Å². The average Bonchev–Trinajstić information content (AvgIpc) is 2.65. The third-order valence-corrected chi connectivity index (χ3v) is 7.56. The third kappa shape index (κ3) is 3.16. The zero-order chi connectivity index (χ0) is 21.1. The van der Waals surface area contributed by atoms with Crippen molar-refractivity contribution >= 4 is 28.9 Å². The first-order valence-electron chi connectivity index (χ1n) is 10.3. The zero-order valence-electron chi connectivity index (χ0n) is 16.5. The second-order valence-electron chi connectivity index (χ2n) is 9.52. The van der Waals surface area contributed by atoms with Crippen LogP contribution >= 0.6 is 11.6 Å². The largest absolute Gasteiger partial charge is 0.508 e. The average molecular weight is 430 g/mol. The SMILES string of the molecule is O=C(O)CC12C[C@H]3C[C@H](C1)CC(n1ncc(Nc4ccc(O)cc4)c(Cl)c1=O)(C3)C2. The summed E-state index contributed by atoms with van der Waals surface area (Å²) in [6.07, 6.45) is 7.10. The molecule has 0 spiro atoms. The molecule has 3 N–H and O–H groups in total. The van der Waals surface area contributed by atoms with E-state index in [-0.39, 0.29) is 28.2 Å². The van der Waals surface area contributed by atoms with Gasteiger partial charge in [0.25, 0.3) is 5.56 Å². The molecule has 0 aliphatic heterocycles. The highest BCUT2D eigenvalue weighted by atomic mass is 35.5. The quantitative estimate of drug-likeness (QED) is 0.617. The first-order valence-corrected chi connectivity index (χ1v) is 10.7. The fraction of sp³-hybridized carbons (Fsp3) is 0.500. The molecule has 7 nitrogen and oxygen atoms in total. The van der Waals surface area contributed by atoms with Gasteiger partial charge in [-0.1, -0.05) is 11.6 Å². The van der Waals surface area contributed by atoms with Crippen LogP contribution in [0, 0.1) is 17.3 Å². The molecule has 158 valence electrons. The number of aromatic nitrogens is 2. The molecule has 30 heavy (non-hydrogen) atoms. The Morgan fingerprint density at radius 3 is 2.50 bits per heavy atom. The molecular formula is C22H24ClN3O4. The van der Waals surface area contributed by atoms with Crippen molar-refractivity contribution < 1.29 is 15.0 Å². The van der Waals surface area contributed by atoms with Crippen LogP contribution in [0.15, 0.2) is 35.3 Å². The molecule has 1 aromatic heterocycles. The number of aliphatic carboxylic acids is 1. The van der Waals surface area contributed by atoms with Crippen LogP contribution in [0.3, 0.4) is 0 Å². The van der Waals surface area contributed by atoms with E-state index in [2.05, 4.69) is 10.4 Å². The van der Waals surface area contributed by atoms with Crippen LogP contribution in [0.5, 0.6) is 5.75 Å². The molecule has 4 fully saturated rings. The number of carbonyl (C=O) groups is 1. The molecule has 1 aromatic carbocycles. The van der Waals surface area contributed by atoms with E-state index in [1.165, 1.54) is 0 Å². The highest BCUT2D eigenvalue weighted by molar-refractivity contribution is 6.33. The van der Waals surface area contributed by atoms with Gasteiger partial charge in [-0.25, -0.2) is 4.68 Å². The van der Waals surface area contributed by atoms with Crippen LogP contribution in [-0.4, -0.2) is 26.0 Å². The Bertz CT molecular complexity index is 1050. The summed E-state index contributed by atoms with van der Waals surface area (Å²) in [6, 6.07) is 6.46. The van der Waals surface area contributed by atoms with Gasteiger partial charge in [-0.05, 0) is 80.0 Å². The summed E-state index contributed by atoms with van der Waals surface area (Å²) < 4.78 is 1.55. The van der Waals surface area contributed by atoms with E-state index < -0.39 is 11.5 Å². The van der Waals surface area contributed by atoms with Gasteiger partial charge in [-0.15, -0.1) is 0 Å². The lowest BCUT2D eigenvalue weighted by molar-refractivity contribution is -0.151. The molecule has 4 saturated carbocycles. The number of carboxylic acid groups (broad SMARTS) is 1. The van der Waals surface area contributed by atoms with E-state index in [0.717, 1.165) is 32.1 Å². The predicted octanol–water partition coefficient (Wildman–Crippen LogP) is 4.12. The Morgan fingerprint density at radius 1 is 1.20 bits per heavy atom. The summed E-state index contributed by atoms with van der Waals surface area (Å²) in [6.45, 7) is 0. The number of hydrogen-bond donors (Lipinski definition) is 3. The van der Waals surface area contributed by atoms with Crippen LogP contribution in [0.2, 0.25) is 5.02 Å². The number of hydrogen-bond acceptors (Lipinski definition) is 5. The summed E-state index contributed by atoms with van der Waals surface area (Å²) in [4.78, 5) is 24.8. The van der Waals surface area contributed by atoms with Gasteiger partial charge >= 0.3 is 5.97 Å². The normalized spacial score (nSPS) is 31.6. The molecule has 8 heteroatoms. The molecule has 4 aliphatic rings. The lowest BCUT2D eigenvalue weighted by atomic mass is 9.46. The molecule has 4 bridgehead atoms. The lowest BCUT2D eigenvalue weighted by Crippen LogP contribution is -2.59. The minimum Gasteiger partial charge on any atom is -0.508 e. The molecule has 0 amide bonds. The number of nitrogens with one attached hydrogen (secondary N) is 1. The molecule has 2 atom stereocenters. The smallest absolute Gasteiger partial charge is 0.303 e. The molecule has 0 radical (unpaired) electrons. The minimum absolute atomic E-state index is 0.0705. The number of carboxylic acids is 1. The molecule has 6 rings (SSSR count). The Labute approximate surface area is 178 Å². The van der Waals surface area contributed by atoms with E-state index in [1.54, 1.807) is 35.1 Å². The van der Waals surface area contributed by atoms with Crippen LogP contribution < -0.4 is 10.9 Å². The maximum absolute atomic E-state index is 13.2. The van der Waals surface area contributed by atoms with Crippen LogP contribution in [0.25, 0.3) is 0 Å². The highest BCUT2D eigenvalue weighted by Gasteiger charge is 2.59. The summed E-state index contributed by atoms with van der Waals surface area (Å²) in [5.41, 5.74) is 0.0642. The van der Waals surface area contributed by atoms with E-state index >= 15 is 0 Å². The Balaban J connectivity index is 1.50. The molecule has 2 aromatic rings. The number of anilines is 2. The predicted molar refractivity (Wildman–Crippen MR) is 112 cm³/mol. The Kier molecular flexibility index (Phi) is 4.36. The van der Waals surface area contributed by atoms with Crippen molar-refractivity contribution in [1.29, 1.82) is 0 Å². The van der Waals surface area contributed by atoms with Gasteiger partial charge in [-0.3, -0.25) is 9.59 Å². The van der Waals surface area contributed by atoms with E-state index in [4.69, 9.17) is 11.6 Å². The number of rotatable bonds is 5. The van der Waals surface area contributed by atoms with E-state index in [1.807, 2.05) is 0 Å². The van der Waals surface area contributed by atoms with Gasteiger partial charge in [0.05, 0.1) is 23.8 Å². The summed E-state index contributed by atoms with van der Waals surface area (Å²) in [5, 5.41) is 26.6. The molecule has 1 heterocycles. The second kappa shape index (κ2) is 6.74. The van der Waals surface area contributed by atoms with Gasteiger partial charge in [0.1, 0.15) is 10.8 Å². The summed E-state index contributed by atoms with van der Waals surface area (Å²) >= 11 is 6.46. The fourth-order valence-corrected chi connectivity index (χ4v) is 6.91. The Morgan fingerprint density at radius 2 is 1.87 bits per heavy atom. The van der Waals surface area contributed by atoms with Gasteiger partial charge in [0.15, 0.2) is 0 Å². The monoisotopic (exact) mass is 429 g/mol. The van der Waals surface area contributed by atoms with Crippen LogP contribution in [-0.2, 0) is 10.3 Å². The van der Waals surface area contributed by atoms with Crippen molar-refractivity contribution in [3.8, 4) is 5.75 Å². The van der Waals surface area contributed by atoms with Crippen LogP contribution in [0.1, 0.15) is 44.9 Å². The van der Waals surface area contributed by atoms with E-state index in [9.17, 15) is 19.8 Å². The van der Waals surface area contributed by atoms with Crippen molar-refractivity contribution in [2.45, 2.75) is 50.5 Å². The molecule has 0 saturated heterocycles. The summed E-state index contributed by atoms with van der Waals surface area (Å²) in [7, 11) is 0. The van der Waals surface area contributed by atoms with E-state index in [0.29, 0.717) is 29.6 Å². The number of nitrogens with zero attached hydrogens (tertiary/aromatic N) is 2. The first-order chi connectivity index (χ1) is 14.3. The number of benzene rings is 1. The Hall–Kier alpha value is -2.54. The maximum atomic E-state index is 13.2. The minimum atomic E-state index is -0.765. The topological polar surface area (TPSA) is 104 Å². The van der Waals surface area contributed by atoms with Crippen LogP contribution in [0.4, 0.5) is 11.4 Å². The van der Waals surface area contributed by atoms with Crippen molar-refractivity contribution in [1.82, 2.24) is 9.78 Å². The number of phenolic OH excluding ortho intramolecular Hbond substituents is 1. The molecular weight excluding hydrogens is 406 g/mol. The standard InChI is InChI=1S/C22H24ClN3O4/c23-19-17(25-15-1-3-16(27)4-2-15)11-24-26(20(19)30)22-8-13-5-14(9-22)7-21(6-13,12-22)10-18(28)29/h1-4,11,13-14,25,27H,5-10,12H2,(H,28,29)/t13-,14-,21?,22?/m1/s1. The van der Waals surface area contributed by atoms with Gasteiger partial charge in [0, 0.05) is 5.69 Å². The molecule has 0 unspecified atom stereocenters. The van der Waals surface area contributed by atoms with Crippen molar-refractivity contribution in [3.63, 3.8) is 0 Å². The van der Waals surface area contributed by atoms with Gasteiger partial charge < -0.3 is 15.5 Å². The number of phenols is 1. The van der Waals surface area contributed by atoms with Gasteiger partial charge in [-0.2, -0.15) is 5.10 Å². The fourth-order valence-electron chi connectivity index (χ4n) is 6.74. The second-order valence-corrected chi connectivity index (χ2v) is 9.89. The maximum Gasteiger partial charge on any atom is 0.303 e. The third-order valence-electron chi connectivity index (χ3n) is 7.19. The molecule has 4 aliphatic carbocycles. The van der Waals surface area contributed by atoms with Gasteiger partial charge in [0.2, 0.25) is 0 Å². The highest BCUT2D eigenvalue weighted by Crippen LogP contribution is 2.65. The van der Waals surface area contributed by atoms with Crippen molar-refractivity contribution in [2.24, 2.45) is 17.3 Å². The number of aromatic hydroxyl groups is 1. The first kappa shape index (κ1) is 19.4. The summed E-state index contributed by atoms with van der Waals surface area (Å²) in [5.74, 6) is 0.261. The number of halogens is 1. The zero-order valence-corrected chi connectivity index (χ0v) is 17.2. The lowest BCUT2D eigenvalue weighted by Gasteiger charge is -2.61. The van der Waals surface area contributed by atoms with Crippen molar-refractivity contribution in [2.75, 3.05) is 5.32 Å².